The fourth-order valence-corrected chi connectivity index (χ4v) is 3.37. The van der Waals surface area contributed by atoms with E-state index in [4.69, 9.17) is 4.74 Å². The van der Waals surface area contributed by atoms with Gasteiger partial charge in [0.25, 0.3) is 0 Å². The van der Waals surface area contributed by atoms with Crippen LogP contribution in [0.25, 0.3) is 0 Å². The molecule has 1 fully saturated rings. The van der Waals surface area contributed by atoms with Gasteiger partial charge in [-0.15, -0.1) is 11.3 Å². The van der Waals surface area contributed by atoms with Crippen molar-refractivity contribution in [1.82, 2.24) is 15.2 Å². The number of thiazole rings is 1. The van der Waals surface area contributed by atoms with Crippen molar-refractivity contribution in [3.05, 3.63) is 16.6 Å². The Balaban J connectivity index is 1.86. The first kappa shape index (κ1) is 15.9. The molecule has 5 heteroatoms. The SMILES string of the molecule is CC(C)CC(CNC(C)c1nccs1)N1CCOCC1. The van der Waals surface area contributed by atoms with E-state index in [-0.39, 0.29) is 0 Å². The second kappa shape index (κ2) is 8.08. The highest BCUT2D eigenvalue weighted by molar-refractivity contribution is 7.09. The minimum atomic E-state index is 0.339. The van der Waals surface area contributed by atoms with E-state index in [2.05, 4.69) is 36.0 Å². The third-order valence-corrected chi connectivity index (χ3v) is 4.75. The molecule has 1 aromatic heterocycles. The van der Waals surface area contributed by atoms with Gasteiger partial charge in [-0.05, 0) is 19.3 Å². The van der Waals surface area contributed by atoms with Crippen LogP contribution in [0.1, 0.15) is 38.2 Å². The fourth-order valence-electron chi connectivity index (χ4n) is 2.70. The molecular formula is C15H27N3OS. The Morgan fingerprint density at radius 2 is 2.10 bits per heavy atom. The van der Waals surface area contributed by atoms with Crippen LogP contribution in [0.3, 0.4) is 0 Å². The predicted octanol–water partition coefficient (Wildman–Crippen LogP) is 2.54. The molecule has 0 radical (unpaired) electrons. The number of hydrogen-bond donors (Lipinski definition) is 1. The number of ether oxygens (including phenoxy) is 1. The van der Waals surface area contributed by atoms with Gasteiger partial charge in [-0.1, -0.05) is 13.8 Å². The van der Waals surface area contributed by atoms with E-state index in [9.17, 15) is 0 Å². The number of morpholine rings is 1. The standard InChI is InChI=1S/C15H27N3OS/c1-12(2)10-14(18-5-7-19-8-6-18)11-17-13(3)15-16-4-9-20-15/h4,9,12-14,17H,5-8,10-11H2,1-3H3. The Hall–Kier alpha value is -0.490. The number of nitrogens with one attached hydrogen (secondary N) is 1. The van der Waals surface area contributed by atoms with Crippen LogP contribution in [-0.4, -0.2) is 48.8 Å². The molecule has 0 amide bonds. The van der Waals surface area contributed by atoms with Crippen LogP contribution in [0.2, 0.25) is 0 Å². The van der Waals surface area contributed by atoms with Gasteiger partial charge >= 0.3 is 0 Å². The van der Waals surface area contributed by atoms with Gasteiger partial charge in [0.05, 0.1) is 19.3 Å². The van der Waals surface area contributed by atoms with Crippen molar-refractivity contribution in [2.24, 2.45) is 5.92 Å². The van der Waals surface area contributed by atoms with E-state index in [0.29, 0.717) is 12.1 Å². The minimum Gasteiger partial charge on any atom is -0.379 e. The molecule has 0 spiro atoms. The van der Waals surface area contributed by atoms with E-state index in [1.54, 1.807) is 11.3 Å². The molecule has 0 aliphatic carbocycles. The first-order chi connectivity index (χ1) is 9.66. The lowest BCUT2D eigenvalue weighted by Gasteiger charge is -2.36. The number of rotatable bonds is 7. The van der Waals surface area contributed by atoms with Crippen molar-refractivity contribution in [3.8, 4) is 0 Å². The molecule has 114 valence electrons. The van der Waals surface area contributed by atoms with Crippen LogP contribution in [0.15, 0.2) is 11.6 Å². The highest BCUT2D eigenvalue weighted by Gasteiger charge is 2.22. The van der Waals surface area contributed by atoms with Crippen LogP contribution in [-0.2, 0) is 4.74 Å². The quantitative estimate of drug-likeness (QED) is 0.839. The molecule has 1 aromatic rings. The third kappa shape index (κ3) is 4.81. The highest BCUT2D eigenvalue weighted by Crippen LogP contribution is 2.17. The van der Waals surface area contributed by atoms with E-state index in [0.717, 1.165) is 38.8 Å². The summed E-state index contributed by atoms with van der Waals surface area (Å²) in [5.41, 5.74) is 0. The van der Waals surface area contributed by atoms with Crippen LogP contribution < -0.4 is 5.32 Å². The van der Waals surface area contributed by atoms with Crippen LogP contribution >= 0.6 is 11.3 Å². The Morgan fingerprint density at radius 3 is 2.70 bits per heavy atom. The van der Waals surface area contributed by atoms with E-state index in [1.165, 1.54) is 11.4 Å². The molecule has 0 aromatic carbocycles. The summed E-state index contributed by atoms with van der Waals surface area (Å²) in [7, 11) is 0. The maximum absolute atomic E-state index is 5.47. The maximum atomic E-state index is 5.47. The topological polar surface area (TPSA) is 37.4 Å². The average Bonchev–Trinajstić information content (AvgIpc) is 2.98. The van der Waals surface area contributed by atoms with Crippen molar-refractivity contribution in [1.29, 1.82) is 0 Å². The molecule has 20 heavy (non-hydrogen) atoms. The number of nitrogens with zero attached hydrogens (tertiary/aromatic N) is 2. The largest absolute Gasteiger partial charge is 0.379 e. The van der Waals surface area contributed by atoms with Gasteiger partial charge in [0.2, 0.25) is 0 Å². The molecule has 4 nitrogen and oxygen atoms in total. The Labute approximate surface area is 126 Å². The summed E-state index contributed by atoms with van der Waals surface area (Å²) in [6.45, 7) is 11.7. The monoisotopic (exact) mass is 297 g/mol. The molecule has 1 saturated heterocycles. The molecule has 1 aliphatic rings. The summed E-state index contributed by atoms with van der Waals surface area (Å²) in [5.74, 6) is 0.722. The Morgan fingerprint density at radius 1 is 1.35 bits per heavy atom. The van der Waals surface area contributed by atoms with Crippen molar-refractivity contribution < 1.29 is 4.74 Å². The van der Waals surface area contributed by atoms with Crippen molar-refractivity contribution in [3.63, 3.8) is 0 Å². The molecule has 0 bridgehead atoms. The van der Waals surface area contributed by atoms with Gasteiger partial charge in [0.1, 0.15) is 5.01 Å². The molecule has 2 unspecified atom stereocenters. The third-order valence-electron chi connectivity index (χ3n) is 3.79. The number of hydrogen-bond acceptors (Lipinski definition) is 5. The highest BCUT2D eigenvalue weighted by atomic mass is 32.1. The predicted molar refractivity (Wildman–Crippen MR) is 84.2 cm³/mol. The lowest BCUT2D eigenvalue weighted by atomic mass is 10.0. The average molecular weight is 297 g/mol. The zero-order chi connectivity index (χ0) is 14.4. The summed E-state index contributed by atoms with van der Waals surface area (Å²) >= 11 is 1.72. The van der Waals surface area contributed by atoms with Crippen molar-refractivity contribution in [2.75, 3.05) is 32.8 Å². The molecule has 2 rings (SSSR count). The summed E-state index contributed by atoms with van der Waals surface area (Å²) in [6, 6.07) is 0.937. The molecule has 2 atom stereocenters. The zero-order valence-electron chi connectivity index (χ0n) is 12.8. The first-order valence-electron chi connectivity index (χ1n) is 7.61. The summed E-state index contributed by atoms with van der Waals surface area (Å²) < 4.78 is 5.47. The summed E-state index contributed by atoms with van der Waals surface area (Å²) in [6.07, 6.45) is 3.11. The van der Waals surface area contributed by atoms with Gasteiger partial charge in [-0.25, -0.2) is 4.98 Å². The van der Waals surface area contributed by atoms with Crippen molar-refractivity contribution >= 4 is 11.3 Å². The van der Waals surface area contributed by atoms with Crippen LogP contribution in [0, 0.1) is 5.92 Å². The normalized spacial score (nSPS) is 20.2. The zero-order valence-corrected chi connectivity index (χ0v) is 13.7. The second-order valence-corrected chi connectivity index (χ2v) is 6.86. The van der Waals surface area contributed by atoms with Crippen LogP contribution in [0.5, 0.6) is 0 Å². The van der Waals surface area contributed by atoms with Gasteiger partial charge in [0.15, 0.2) is 0 Å². The van der Waals surface area contributed by atoms with Gasteiger partial charge < -0.3 is 10.1 Å². The smallest absolute Gasteiger partial charge is 0.109 e. The Kier molecular flexibility index (Phi) is 6.42. The summed E-state index contributed by atoms with van der Waals surface area (Å²) in [4.78, 5) is 6.96. The lowest BCUT2D eigenvalue weighted by Crippen LogP contribution is -2.48. The number of aromatic nitrogens is 1. The lowest BCUT2D eigenvalue weighted by molar-refractivity contribution is 0.0119. The Bertz CT molecular complexity index is 363. The van der Waals surface area contributed by atoms with Gasteiger partial charge in [-0.3, -0.25) is 4.90 Å². The molecular weight excluding hydrogens is 270 g/mol. The van der Waals surface area contributed by atoms with Crippen molar-refractivity contribution in [2.45, 2.75) is 39.3 Å². The van der Waals surface area contributed by atoms with Gasteiger partial charge in [0, 0.05) is 37.3 Å². The van der Waals surface area contributed by atoms with Gasteiger partial charge in [-0.2, -0.15) is 0 Å². The van der Waals surface area contributed by atoms with E-state index in [1.807, 2.05) is 11.6 Å². The fraction of sp³-hybridized carbons (Fsp3) is 0.800. The molecule has 1 N–H and O–H groups in total. The molecule has 0 saturated carbocycles. The first-order valence-corrected chi connectivity index (χ1v) is 8.49. The van der Waals surface area contributed by atoms with E-state index < -0.39 is 0 Å². The second-order valence-electron chi connectivity index (χ2n) is 5.93. The summed E-state index contributed by atoms with van der Waals surface area (Å²) in [5, 5.41) is 6.87. The molecule has 1 aliphatic heterocycles. The maximum Gasteiger partial charge on any atom is 0.109 e. The van der Waals surface area contributed by atoms with Crippen LogP contribution in [0.4, 0.5) is 0 Å². The minimum absolute atomic E-state index is 0.339. The van der Waals surface area contributed by atoms with E-state index >= 15 is 0 Å². The molecule has 2 heterocycles.